The van der Waals surface area contributed by atoms with Crippen LogP contribution < -0.4 is 5.32 Å². The van der Waals surface area contributed by atoms with E-state index in [9.17, 15) is 17.6 Å². The third-order valence-electron chi connectivity index (χ3n) is 4.21. The molecule has 1 aliphatic carbocycles. The summed E-state index contributed by atoms with van der Waals surface area (Å²) in [7, 11) is 0. The Balaban J connectivity index is 1.86. The maximum atomic E-state index is 13.6. The average molecular weight is 303 g/mol. The lowest BCUT2D eigenvalue weighted by Gasteiger charge is -2.26. The van der Waals surface area contributed by atoms with Gasteiger partial charge in [-0.15, -0.1) is 0 Å². The van der Waals surface area contributed by atoms with E-state index in [1.54, 1.807) is 0 Å². The Morgan fingerprint density at radius 1 is 1.24 bits per heavy atom. The lowest BCUT2D eigenvalue weighted by Crippen LogP contribution is -2.17. The maximum Gasteiger partial charge on any atom is 0.416 e. The molecule has 1 aromatic rings. The van der Waals surface area contributed by atoms with Crippen molar-refractivity contribution < 1.29 is 17.6 Å². The molecule has 0 radical (unpaired) electrons. The summed E-state index contributed by atoms with van der Waals surface area (Å²) in [6.45, 7) is 2.84. The third-order valence-corrected chi connectivity index (χ3v) is 4.21. The van der Waals surface area contributed by atoms with Gasteiger partial charge in [0, 0.05) is 6.54 Å². The molecule has 1 nitrogen and oxygen atoms in total. The van der Waals surface area contributed by atoms with Crippen LogP contribution in [0.1, 0.15) is 44.6 Å². The number of anilines is 1. The fraction of sp³-hybridized carbons (Fsp3) is 0.625. The smallest absolute Gasteiger partial charge is 0.383 e. The minimum atomic E-state index is -4.50. The number of halogens is 4. The molecule has 5 heteroatoms. The molecule has 0 amide bonds. The molecule has 1 saturated carbocycles. The van der Waals surface area contributed by atoms with Crippen molar-refractivity contribution in [3.63, 3.8) is 0 Å². The van der Waals surface area contributed by atoms with E-state index in [1.165, 1.54) is 31.7 Å². The third kappa shape index (κ3) is 4.61. The van der Waals surface area contributed by atoms with Crippen molar-refractivity contribution in [3.05, 3.63) is 29.6 Å². The van der Waals surface area contributed by atoms with Crippen LogP contribution in [0.25, 0.3) is 0 Å². The van der Waals surface area contributed by atoms with E-state index >= 15 is 0 Å². The molecule has 118 valence electrons. The standard InChI is InChI=1S/C16H21F4N/c1-11-3-2-4-12(9-11)7-8-21-15-6-5-13(10-14(15)17)16(18,19)20/h5-6,10-12,21H,2-4,7-9H2,1H3. The van der Waals surface area contributed by atoms with Gasteiger partial charge in [0.15, 0.2) is 0 Å². The number of rotatable bonds is 4. The molecule has 0 saturated heterocycles. The van der Waals surface area contributed by atoms with E-state index in [2.05, 4.69) is 12.2 Å². The Hall–Kier alpha value is -1.26. The summed E-state index contributed by atoms with van der Waals surface area (Å²) in [5, 5.41) is 2.91. The lowest BCUT2D eigenvalue weighted by atomic mass is 9.81. The van der Waals surface area contributed by atoms with Gasteiger partial charge in [0.2, 0.25) is 0 Å². The quantitative estimate of drug-likeness (QED) is 0.727. The van der Waals surface area contributed by atoms with Crippen LogP contribution in [0.4, 0.5) is 23.2 Å². The van der Waals surface area contributed by atoms with Crippen LogP contribution in [0.5, 0.6) is 0 Å². The zero-order valence-electron chi connectivity index (χ0n) is 12.1. The molecule has 1 N–H and O–H groups in total. The van der Waals surface area contributed by atoms with Gasteiger partial charge in [0.25, 0.3) is 0 Å². The number of benzene rings is 1. The van der Waals surface area contributed by atoms with Crippen LogP contribution in [0.15, 0.2) is 18.2 Å². The fourth-order valence-electron chi connectivity index (χ4n) is 3.07. The summed E-state index contributed by atoms with van der Waals surface area (Å²) in [6, 6.07) is 2.63. The zero-order valence-corrected chi connectivity index (χ0v) is 12.1. The van der Waals surface area contributed by atoms with Gasteiger partial charge in [-0.05, 0) is 42.9 Å². The first-order chi connectivity index (χ1) is 9.86. The molecule has 21 heavy (non-hydrogen) atoms. The largest absolute Gasteiger partial charge is 0.416 e. The SMILES string of the molecule is CC1CCCC(CCNc2ccc(C(F)(F)F)cc2F)C1. The monoisotopic (exact) mass is 303 g/mol. The summed E-state index contributed by atoms with van der Waals surface area (Å²) < 4.78 is 51.0. The molecular formula is C16H21F4N. The van der Waals surface area contributed by atoms with Gasteiger partial charge < -0.3 is 5.32 Å². The minimum Gasteiger partial charge on any atom is -0.383 e. The molecular weight excluding hydrogens is 282 g/mol. The van der Waals surface area contributed by atoms with Crippen LogP contribution in [-0.4, -0.2) is 6.54 Å². The summed E-state index contributed by atoms with van der Waals surface area (Å²) >= 11 is 0. The number of hydrogen-bond donors (Lipinski definition) is 1. The summed E-state index contributed by atoms with van der Waals surface area (Å²) in [5.41, 5.74) is -0.807. The summed E-state index contributed by atoms with van der Waals surface area (Å²) in [6.07, 6.45) is 1.33. The number of hydrogen-bond acceptors (Lipinski definition) is 1. The van der Waals surface area contributed by atoms with Crippen LogP contribution >= 0.6 is 0 Å². The van der Waals surface area contributed by atoms with Crippen molar-refractivity contribution in [2.45, 2.75) is 45.2 Å². The maximum absolute atomic E-state index is 13.6. The minimum absolute atomic E-state index is 0.145. The summed E-state index contributed by atoms with van der Waals surface area (Å²) in [5.74, 6) is 0.534. The molecule has 1 aliphatic rings. The van der Waals surface area contributed by atoms with Crippen molar-refractivity contribution in [1.29, 1.82) is 0 Å². The van der Waals surface area contributed by atoms with Gasteiger partial charge in [-0.25, -0.2) is 4.39 Å². The van der Waals surface area contributed by atoms with Crippen molar-refractivity contribution in [2.24, 2.45) is 11.8 Å². The van der Waals surface area contributed by atoms with Gasteiger partial charge in [0.1, 0.15) is 5.82 Å². The molecule has 0 spiro atoms. The number of alkyl halides is 3. The predicted octanol–water partition coefficient (Wildman–Crippen LogP) is 5.47. The van der Waals surface area contributed by atoms with Gasteiger partial charge in [-0.2, -0.15) is 13.2 Å². The van der Waals surface area contributed by atoms with Gasteiger partial charge in [-0.3, -0.25) is 0 Å². The van der Waals surface area contributed by atoms with Crippen molar-refractivity contribution >= 4 is 5.69 Å². The second-order valence-electron chi connectivity index (χ2n) is 6.05. The second kappa shape index (κ2) is 6.67. The lowest BCUT2D eigenvalue weighted by molar-refractivity contribution is -0.137. The highest BCUT2D eigenvalue weighted by molar-refractivity contribution is 5.46. The Bertz CT molecular complexity index is 470. The Morgan fingerprint density at radius 2 is 2.00 bits per heavy atom. The first-order valence-corrected chi connectivity index (χ1v) is 7.47. The topological polar surface area (TPSA) is 12.0 Å². The van der Waals surface area contributed by atoms with E-state index in [-0.39, 0.29) is 5.69 Å². The Morgan fingerprint density at radius 3 is 2.62 bits per heavy atom. The molecule has 0 bridgehead atoms. The molecule has 2 unspecified atom stereocenters. The van der Waals surface area contributed by atoms with Crippen molar-refractivity contribution in [1.82, 2.24) is 0 Å². The highest BCUT2D eigenvalue weighted by Gasteiger charge is 2.31. The highest BCUT2D eigenvalue weighted by Crippen LogP contribution is 2.32. The van der Waals surface area contributed by atoms with Crippen LogP contribution in [0.3, 0.4) is 0 Å². The fourth-order valence-corrected chi connectivity index (χ4v) is 3.07. The molecule has 2 atom stereocenters. The normalized spacial score (nSPS) is 23.1. The second-order valence-corrected chi connectivity index (χ2v) is 6.05. The first-order valence-electron chi connectivity index (χ1n) is 7.47. The Labute approximate surface area is 122 Å². The average Bonchev–Trinajstić information content (AvgIpc) is 2.39. The molecule has 0 aliphatic heterocycles. The van der Waals surface area contributed by atoms with Crippen LogP contribution in [-0.2, 0) is 6.18 Å². The van der Waals surface area contributed by atoms with E-state index in [1.807, 2.05) is 0 Å². The van der Waals surface area contributed by atoms with E-state index in [4.69, 9.17) is 0 Å². The molecule has 0 heterocycles. The van der Waals surface area contributed by atoms with Crippen LogP contribution in [0.2, 0.25) is 0 Å². The van der Waals surface area contributed by atoms with Gasteiger partial charge in [-0.1, -0.05) is 26.2 Å². The highest BCUT2D eigenvalue weighted by atomic mass is 19.4. The van der Waals surface area contributed by atoms with E-state index in [0.29, 0.717) is 18.5 Å². The van der Waals surface area contributed by atoms with E-state index in [0.717, 1.165) is 18.4 Å². The molecule has 1 fully saturated rings. The Kier molecular flexibility index (Phi) is 5.12. The number of nitrogens with one attached hydrogen (secondary N) is 1. The van der Waals surface area contributed by atoms with E-state index < -0.39 is 17.6 Å². The molecule has 1 aromatic carbocycles. The van der Waals surface area contributed by atoms with Crippen molar-refractivity contribution in [3.8, 4) is 0 Å². The zero-order chi connectivity index (χ0) is 15.5. The predicted molar refractivity (Wildman–Crippen MR) is 75.6 cm³/mol. The van der Waals surface area contributed by atoms with Crippen molar-refractivity contribution in [2.75, 3.05) is 11.9 Å². The van der Waals surface area contributed by atoms with Crippen LogP contribution in [0, 0.1) is 17.7 Å². The van der Waals surface area contributed by atoms with Gasteiger partial charge >= 0.3 is 6.18 Å². The molecule has 2 rings (SSSR count). The first kappa shape index (κ1) is 16.1. The summed E-state index contributed by atoms with van der Waals surface area (Å²) in [4.78, 5) is 0. The molecule has 0 aromatic heterocycles. The van der Waals surface area contributed by atoms with Gasteiger partial charge in [0.05, 0.1) is 11.3 Å².